The number of aromatic nitrogens is 2. The van der Waals surface area contributed by atoms with E-state index < -0.39 is 0 Å². The molecule has 0 unspecified atom stereocenters. The van der Waals surface area contributed by atoms with Crippen molar-refractivity contribution in [2.24, 2.45) is 0 Å². The number of carbonyl (C=O) groups excluding carboxylic acids is 1. The minimum Gasteiger partial charge on any atom is -0.520 e. The maximum Gasteiger partial charge on any atom is 2.00 e. The number of benzene rings is 1. The van der Waals surface area contributed by atoms with Gasteiger partial charge in [0.25, 0.3) is 0 Å². The van der Waals surface area contributed by atoms with Crippen LogP contribution >= 0.6 is 0 Å². The molecule has 1 saturated heterocycles. The molecule has 6 heteroatoms. The molecule has 1 aliphatic heterocycles. The van der Waals surface area contributed by atoms with E-state index in [1.54, 1.807) is 4.90 Å². The van der Waals surface area contributed by atoms with Crippen molar-refractivity contribution in [1.82, 2.24) is 15.0 Å². The Kier molecular flexibility index (Phi) is 8.01. The molecular weight excluding hydrogens is 516 g/mol. The van der Waals surface area contributed by atoms with Crippen molar-refractivity contribution in [2.75, 3.05) is 13.1 Å². The smallest absolute Gasteiger partial charge is 0.520 e. The van der Waals surface area contributed by atoms with Gasteiger partial charge in [0, 0.05) is 18.7 Å². The SMILES string of the molecule is C[C-](C)C.Cc1ccc(-c2noc(C3CN([C-]=O)C3)n2)cc1.[U+2]. The predicted octanol–water partition coefficient (Wildman–Crippen LogP) is 3.13. The standard InChI is InChI=1S/C13H12N3O2.C4H9.U/c1-9-2-4-10(5-3-9)12-14-13(18-15-12)11-6-16(7-11)8-17;1-4(2)3;/h2-5,11H,6-7H2,1H3;1-3H3;/q2*-1;+2. The van der Waals surface area contributed by atoms with Crippen LogP contribution in [0, 0.1) is 44.0 Å². The largest absolute Gasteiger partial charge is 2.00 e. The van der Waals surface area contributed by atoms with Gasteiger partial charge in [-0.3, -0.25) is 0 Å². The van der Waals surface area contributed by atoms with Gasteiger partial charge in [0.05, 0.1) is 5.92 Å². The Morgan fingerprint density at radius 1 is 1.22 bits per heavy atom. The fraction of sp³-hybridized carbons (Fsp3) is 0.412. The van der Waals surface area contributed by atoms with E-state index in [9.17, 15) is 4.79 Å². The topological polar surface area (TPSA) is 59.2 Å². The van der Waals surface area contributed by atoms with E-state index in [-0.39, 0.29) is 37.0 Å². The molecule has 120 valence electrons. The Morgan fingerprint density at radius 3 is 2.30 bits per heavy atom. The molecule has 0 bridgehead atoms. The maximum absolute atomic E-state index is 10.4. The molecule has 1 aromatic carbocycles. The van der Waals surface area contributed by atoms with Gasteiger partial charge >= 0.3 is 31.1 Å². The molecule has 2 aromatic rings. The van der Waals surface area contributed by atoms with Crippen LogP contribution in [0.5, 0.6) is 0 Å². The van der Waals surface area contributed by atoms with Gasteiger partial charge in [-0.05, 0) is 6.92 Å². The molecule has 1 fully saturated rings. The quantitative estimate of drug-likeness (QED) is 0.565. The van der Waals surface area contributed by atoms with Crippen LogP contribution in [0.2, 0.25) is 0 Å². The molecule has 0 N–H and O–H groups in total. The fourth-order valence-electron chi connectivity index (χ4n) is 1.93. The minimum atomic E-state index is 0. The van der Waals surface area contributed by atoms with Crippen LogP contribution in [0.4, 0.5) is 0 Å². The van der Waals surface area contributed by atoms with Gasteiger partial charge in [0.1, 0.15) is 0 Å². The second kappa shape index (κ2) is 9.24. The summed E-state index contributed by atoms with van der Waals surface area (Å²) >= 11 is 0. The van der Waals surface area contributed by atoms with Gasteiger partial charge in [-0.2, -0.15) is 32.2 Å². The third-order valence-electron chi connectivity index (χ3n) is 3.11. The molecule has 5 nitrogen and oxygen atoms in total. The first-order valence-corrected chi connectivity index (χ1v) is 7.29. The van der Waals surface area contributed by atoms with E-state index in [2.05, 4.69) is 30.9 Å². The van der Waals surface area contributed by atoms with Crippen LogP contribution in [-0.4, -0.2) is 34.5 Å². The molecule has 0 aliphatic carbocycles. The number of hydrogen-bond acceptors (Lipinski definition) is 4. The molecule has 2 heterocycles. The monoisotopic (exact) mass is 537 g/mol. The van der Waals surface area contributed by atoms with Gasteiger partial charge in [-0.25, -0.2) is 0 Å². The zero-order valence-electron chi connectivity index (χ0n) is 14.0. The zero-order chi connectivity index (χ0) is 16.1. The molecule has 1 amide bonds. The van der Waals surface area contributed by atoms with Crippen LogP contribution in [0.25, 0.3) is 11.4 Å². The zero-order valence-corrected chi connectivity index (χ0v) is 18.1. The summed E-state index contributed by atoms with van der Waals surface area (Å²) in [6, 6.07) is 7.96. The summed E-state index contributed by atoms with van der Waals surface area (Å²) in [5.41, 5.74) is 2.13. The Hall–Kier alpha value is -1.12. The van der Waals surface area contributed by atoms with E-state index in [1.807, 2.05) is 37.6 Å². The summed E-state index contributed by atoms with van der Waals surface area (Å²) in [6.07, 6.45) is 1.84. The van der Waals surface area contributed by atoms with Gasteiger partial charge in [-0.15, -0.1) is 0 Å². The van der Waals surface area contributed by atoms with Gasteiger partial charge in [0.2, 0.25) is 11.7 Å². The summed E-state index contributed by atoms with van der Waals surface area (Å²) in [7, 11) is 0. The Labute approximate surface area is 161 Å². The second-order valence-electron chi connectivity index (χ2n) is 6.02. The minimum absolute atomic E-state index is 0. The first-order chi connectivity index (χ1) is 10.5. The number of rotatable bonds is 3. The fourth-order valence-corrected chi connectivity index (χ4v) is 1.93. The maximum atomic E-state index is 10.4. The van der Waals surface area contributed by atoms with Crippen molar-refractivity contribution in [2.45, 2.75) is 33.6 Å². The van der Waals surface area contributed by atoms with Crippen molar-refractivity contribution >= 4 is 6.41 Å². The first kappa shape index (κ1) is 19.9. The van der Waals surface area contributed by atoms with Crippen molar-refractivity contribution in [3.63, 3.8) is 0 Å². The Bertz CT molecular complexity index is 602. The van der Waals surface area contributed by atoms with Crippen molar-refractivity contribution < 1.29 is 40.4 Å². The van der Waals surface area contributed by atoms with Gasteiger partial charge < -0.3 is 20.1 Å². The summed E-state index contributed by atoms with van der Waals surface area (Å²) in [4.78, 5) is 16.3. The molecule has 23 heavy (non-hydrogen) atoms. The molecule has 0 atom stereocenters. The first-order valence-electron chi connectivity index (χ1n) is 7.29. The summed E-state index contributed by atoms with van der Waals surface area (Å²) in [5, 5.41) is 3.97. The molecule has 1 aromatic heterocycles. The van der Waals surface area contributed by atoms with Crippen LogP contribution in [0.3, 0.4) is 0 Å². The molecule has 3 rings (SSSR count). The van der Waals surface area contributed by atoms with E-state index in [0.29, 0.717) is 24.8 Å². The predicted molar refractivity (Wildman–Crippen MR) is 84.7 cm³/mol. The average molecular weight is 537 g/mol. The number of hydrogen-bond donors (Lipinski definition) is 0. The Morgan fingerprint density at radius 2 is 1.78 bits per heavy atom. The normalized spacial score (nSPS) is 13.7. The van der Waals surface area contributed by atoms with Crippen LogP contribution in [-0.2, 0) is 4.79 Å². The number of nitrogens with zero attached hydrogens (tertiary/aromatic N) is 3. The number of aryl methyl sites for hydroxylation is 1. The third-order valence-corrected chi connectivity index (χ3v) is 3.11. The molecule has 1 aliphatic rings. The molecule has 0 saturated carbocycles. The summed E-state index contributed by atoms with van der Waals surface area (Å²) < 4.78 is 5.23. The van der Waals surface area contributed by atoms with Crippen molar-refractivity contribution in [3.8, 4) is 11.4 Å². The van der Waals surface area contributed by atoms with E-state index in [1.165, 1.54) is 11.5 Å². The van der Waals surface area contributed by atoms with E-state index >= 15 is 0 Å². The summed E-state index contributed by atoms with van der Waals surface area (Å²) in [5.74, 6) is 2.76. The Balaban J connectivity index is 0.000000478. The second-order valence-corrected chi connectivity index (χ2v) is 6.02. The van der Waals surface area contributed by atoms with Gasteiger partial charge in [0.15, 0.2) is 0 Å². The third kappa shape index (κ3) is 5.78. The van der Waals surface area contributed by atoms with Crippen molar-refractivity contribution in [1.29, 1.82) is 0 Å². The van der Waals surface area contributed by atoms with Crippen LogP contribution in [0.1, 0.15) is 38.1 Å². The average Bonchev–Trinajstić information content (AvgIpc) is 2.87. The summed E-state index contributed by atoms with van der Waals surface area (Å²) in [6.45, 7) is 9.50. The number of amides is 1. The van der Waals surface area contributed by atoms with Crippen LogP contribution < -0.4 is 0 Å². The number of likely N-dealkylation sites (tertiary alicyclic amines) is 1. The van der Waals surface area contributed by atoms with E-state index in [4.69, 9.17) is 4.52 Å². The molecule has 0 spiro atoms. The molecular formula is C17H21N3O2U. The van der Waals surface area contributed by atoms with Gasteiger partial charge in [-0.1, -0.05) is 35.0 Å². The van der Waals surface area contributed by atoms with Crippen molar-refractivity contribution in [3.05, 3.63) is 41.6 Å². The molecule has 0 radical (unpaired) electrons. The van der Waals surface area contributed by atoms with Crippen LogP contribution in [0.15, 0.2) is 28.8 Å². The van der Waals surface area contributed by atoms with E-state index in [0.717, 1.165) is 5.56 Å².